The van der Waals surface area contributed by atoms with E-state index in [9.17, 15) is 4.79 Å². The molecule has 0 atom stereocenters. The normalized spacial score (nSPS) is 14.9. The van der Waals surface area contributed by atoms with Gasteiger partial charge in [0.2, 0.25) is 0 Å². The highest BCUT2D eigenvalue weighted by Crippen LogP contribution is 2.07. The van der Waals surface area contributed by atoms with E-state index in [4.69, 9.17) is 4.74 Å². The molecule has 1 aliphatic heterocycles. The standard InChI is InChI=1S/C11H17N3O2/c1-8-13-10-3-4-12-7-9(10)11(15)14(8)5-6-16-2/h12H,3-7H2,1-2H3. The summed E-state index contributed by atoms with van der Waals surface area (Å²) in [6.07, 6.45) is 0.844. The number of aromatic nitrogens is 2. The molecule has 1 aromatic rings. The van der Waals surface area contributed by atoms with Gasteiger partial charge in [0, 0.05) is 26.6 Å². The molecule has 0 saturated heterocycles. The van der Waals surface area contributed by atoms with Crippen molar-refractivity contribution in [3.8, 4) is 0 Å². The van der Waals surface area contributed by atoms with Crippen molar-refractivity contribution >= 4 is 0 Å². The maximum absolute atomic E-state index is 12.2. The van der Waals surface area contributed by atoms with Gasteiger partial charge in [-0.05, 0) is 6.92 Å². The SMILES string of the molecule is COCCn1c(C)nc2c(c1=O)CNCC2. The minimum Gasteiger partial charge on any atom is -0.383 e. The van der Waals surface area contributed by atoms with Gasteiger partial charge in [-0.2, -0.15) is 0 Å². The molecule has 0 aromatic carbocycles. The van der Waals surface area contributed by atoms with Gasteiger partial charge in [-0.25, -0.2) is 4.98 Å². The summed E-state index contributed by atoms with van der Waals surface area (Å²) in [5, 5.41) is 3.20. The molecule has 0 fully saturated rings. The predicted octanol–water partition coefficient (Wildman–Crippen LogP) is -0.156. The van der Waals surface area contributed by atoms with Crippen molar-refractivity contribution in [2.24, 2.45) is 0 Å². The van der Waals surface area contributed by atoms with Gasteiger partial charge in [0.1, 0.15) is 5.82 Å². The Kier molecular flexibility index (Phi) is 3.36. The van der Waals surface area contributed by atoms with Crippen LogP contribution in [-0.2, 0) is 24.2 Å². The van der Waals surface area contributed by atoms with Crippen molar-refractivity contribution in [2.75, 3.05) is 20.3 Å². The van der Waals surface area contributed by atoms with Crippen LogP contribution in [0.3, 0.4) is 0 Å². The molecule has 0 radical (unpaired) electrons. The van der Waals surface area contributed by atoms with Gasteiger partial charge in [0.05, 0.1) is 24.4 Å². The van der Waals surface area contributed by atoms with Crippen molar-refractivity contribution in [1.82, 2.24) is 14.9 Å². The van der Waals surface area contributed by atoms with E-state index in [1.54, 1.807) is 11.7 Å². The lowest BCUT2D eigenvalue weighted by Gasteiger charge is -2.18. The average molecular weight is 223 g/mol. The summed E-state index contributed by atoms with van der Waals surface area (Å²) >= 11 is 0. The molecule has 2 heterocycles. The first-order valence-corrected chi connectivity index (χ1v) is 5.53. The third kappa shape index (κ3) is 2.01. The molecule has 0 spiro atoms. The van der Waals surface area contributed by atoms with Gasteiger partial charge in [-0.1, -0.05) is 0 Å². The highest BCUT2D eigenvalue weighted by molar-refractivity contribution is 5.21. The minimum absolute atomic E-state index is 0.0757. The number of fused-ring (bicyclic) bond motifs is 1. The molecule has 0 bridgehead atoms. The van der Waals surface area contributed by atoms with Crippen molar-refractivity contribution in [2.45, 2.75) is 26.4 Å². The van der Waals surface area contributed by atoms with Crippen molar-refractivity contribution in [1.29, 1.82) is 0 Å². The fourth-order valence-electron chi connectivity index (χ4n) is 2.01. The lowest BCUT2D eigenvalue weighted by molar-refractivity contribution is 0.185. The quantitative estimate of drug-likeness (QED) is 0.774. The van der Waals surface area contributed by atoms with Crippen LogP contribution in [0.4, 0.5) is 0 Å². The van der Waals surface area contributed by atoms with Gasteiger partial charge in [-0.3, -0.25) is 9.36 Å². The van der Waals surface area contributed by atoms with Gasteiger partial charge in [-0.15, -0.1) is 0 Å². The van der Waals surface area contributed by atoms with E-state index >= 15 is 0 Å². The maximum atomic E-state index is 12.2. The van der Waals surface area contributed by atoms with E-state index in [-0.39, 0.29) is 5.56 Å². The van der Waals surface area contributed by atoms with Gasteiger partial charge in [0.25, 0.3) is 5.56 Å². The van der Waals surface area contributed by atoms with Gasteiger partial charge in [0.15, 0.2) is 0 Å². The molecule has 1 aliphatic rings. The summed E-state index contributed by atoms with van der Waals surface area (Å²) in [7, 11) is 1.63. The summed E-state index contributed by atoms with van der Waals surface area (Å²) in [5.41, 5.74) is 1.84. The monoisotopic (exact) mass is 223 g/mol. The van der Waals surface area contributed by atoms with Crippen LogP contribution in [0.15, 0.2) is 4.79 Å². The van der Waals surface area contributed by atoms with Crippen LogP contribution >= 0.6 is 0 Å². The van der Waals surface area contributed by atoms with Crippen molar-refractivity contribution < 1.29 is 4.74 Å². The first kappa shape index (κ1) is 11.3. The van der Waals surface area contributed by atoms with Crippen molar-refractivity contribution in [3.63, 3.8) is 0 Å². The van der Waals surface area contributed by atoms with E-state index < -0.39 is 0 Å². The largest absolute Gasteiger partial charge is 0.383 e. The van der Waals surface area contributed by atoms with Gasteiger partial charge < -0.3 is 10.1 Å². The summed E-state index contributed by atoms with van der Waals surface area (Å²) < 4.78 is 6.69. The lowest BCUT2D eigenvalue weighted by atomic mass is 10.1. The third-order valence-corrected chi connectivity index (χ3v) is 2.90. The molecule has 2 rings (SSSR count). The van der Waals surface area contributed by atoms with Crippen LogP contribution in [0.2, 0.25) is 0 Å². The molecule has 0 aliphatic carbocycles. The fraction of sp³-hybridized carbons (Fsp3) is 0.636. The Balaban J connectivity index is 2.42. The second-order valence-electron chi connectivity index (χ2n) is 3.96. The van der Waals surface area contributed by atoms with Crippen LogP contribution in [-0.4, -0.2) is 29.8 Å². The Hall–Kier alpha value is -1.20. The number of aryl methyl sites for hydroxylation is 1. The molecular weight excluding hydrogens is 206 g/mol. The zero-order chi connectivity index (χ0) is 11.5. The van der Waals surface area contributed by atoms with E-state index in [0.717, 1.165) is 30.0 Å². The van der Waals surface area contributed by atoms with E-state index in [1.165, 1.54) is 0 Å². The van der Waals surface area contributed by atoms with Crippen LogP contribution in [0.25, 0.3) is 0 Å². The molecule has 5 nitrogen and oxygen atoms in total. The first-order valence-electron chi connectivity index (χ1n) is 5.53. The zero-order valence-electron chi connectivity index (χ0n) is 9.75. The van der Waals surface area contributed by atoms with E-state index in [0.29, 0.717) is 19.7 Å². The van der Waals surface area contributed by atoms with Crippen molar-refractivity contribution in [3.05, 3.63) is 27.4 Å². The number of rotatable bonds is 3. The summed E-state index contributed by atoms with van der Waals surface area (Å²) in [5.74, 6) is 0.780. The Labute approximate surface area is 94.5 Å². The van der Waals surface area contributed by atoms with Crippen LogP contribution in [0.1, 0.15) is 17.1 Å². The highest BCUT2D eigenvalue weighted by atomic mass is 16.5. The topological polar surface area (TPSA) is 56.2 Å². The molecule has 1 aromatic heterocycles. The molecule has 5 heteroatoms. The molecule has 0 amide bonds. The van der Waals surface area contributed by atoms with E-state index in [1.807, 2.05) is 6.92 Å². The predicted molar refractivity (Wildman–Crippen MR) is 60.5 cm³/mol. The Bertz CT molecular complexity index is 440. The number of ether oxygens (including phenoxy) is 1. The number of hydrogen-bond donors (Lipinski definition) is 1. The molecule has 16 heavy (non-hydrogen) atoms. The summed E-state index contributed by atoms with van der Waals surface area (Å²) in [6.45, 7) is 4.52. The molecular formula is C11H17N3O2. The first-order chi connectivity index (χ1) is 7.74. The number of nitrogens with zero attached hydrogens (tertiary/aromatic N) is 2. The molecule has 0 saturated carbocycles. The minimum atomic E-state index is 0.0757. The highest BCUT2D eigenvalue weighted by Gasteiger charge is 2.16. The zero-order valence-corrected chi connectivity index (χ0v) is 9.75. The Morgan fingerprint density at radius 3 is 3.12 bits per heavy atom. The maximum Gasteiger partial charge on any atom is 0.258 e. The second-order valence-corrected chi connectivity index (χ2v) is 3.96. The Morgan fingerprint density at radius 1 is 1.56 bits per heavy atom. The van der Waals surface area contributed by atoms with Gasteiger partial charge >= 0.3 is 0 Å². The van der Waals surface area contributed by atoms with Crippen LogP contribution in [0.5, 0.6) is 0 Å². The number of nitrogens with one attached hydrogen (secondary N) is 1. The summed E-state index contributed by atoms with van der Waals surface area (Å²) in [4.78, 5) is 16.7. The van der Waals surface area contributed by atoms with Crippen LogP contribution < -0.4 is 10.9 Å². The molecule has 0 unspecified atom stereocenters. The smallest absolute Gasteiger partial charge is 0.258 e. The summed E-state index contributed by atoms with van der Waals surface area (Å²) in [6, 6.07) is 0. The van der Waals surface area contributed by atoms with Crippen LogP contribution in [0, 0.1) is 6.92 Å². The fourth-order valence-corrected chi connectivity index (χ4v) is 2.01. The lowest BCUT2D eigenvalue weighted by Crippen LogP contribution is -2.36. The number of methoxy groups -OCH3 is 1. The Morgan fingerprint density at radius 2 is 2.38 bits per heavy atom. The second kappa shape index (κ2) is 4.76. The number of hydrogen-bond acceptors (Lipinski definition) is 4. The molecule has 1 N–H and O–H groups in total. The average Bonchev–Trinajstić information content (AvgIpc) is 2.29. The van der Waals surface area contributed by atoms with E-state index in [2.05, 4.69) is 10.3 Å². The third-order valence-electron chi connectivity index (χ3n) is 2.90. The molecule has 88 valence electrons.